The Bertz CT molecular complexity index is 624. The number of anilines is 1. The van der Waals surface area contributed by atoms with E-state index in [1.165, 1.54) is 6.07 Å². The molecule has 7 heteroatoms. The van der Waals surface area contributed by atoms with Crippen LogP contribution in [0.3, 0.4) is 0 Å². The Morgan fingerprint density at radius 2 is 2.21 bits per heavy atom. The number of imidazole rings is 1. The van der Waals surface area contributed by atoms with Gasteiger partial charge in [0.05, 0.1) is 18.3 Å². The quantitative estimate of drug-likeness (QED) is 0.910. The summed E-state index contributed by atoms with van der Waals surface area (Å²) in [6, 6.07) is 4.91. The third-order valence-corrected chi connectivity index (χ3v) is 3.30. The fourth-order valence-electron chi connectivity index (χ4n) is 1.64. The van der Waals surface area contributed by atoms with Gasteiger partial charge >= 0.3 is 0 Å². The number of hydrogen-bond donors (Lipinski definition) is 2. The summed E-state index contributed by atoms with van der Waals surface area (Å²) >= 11 is 11.7. The van der Waals surface area contributed by atoms with Crippen LogP contribution in [0, 0.1) is 0 Å². The Balaban J connectivity index is 2.20. The zero-order valence-corrected chi connectivity index (χ0v) is 11.7. The normalized spacial score (nSPS) is 10.5. The minimum Gasteiger partial charge on any atom is -0.377 e. The van der Waals surface area contributed by atoms with Gasteiger partial charge in [-0.05, 0) is 18.2 Å². The molecule has 0 aliphatic carbocycles. The number of nitrogens with zero attached hydrogens (tertiary/aromatic N) is 2. The molecule has 100 valence electrons. The minimum absolute atomic E-state index is 0.341. The number of amides is 1. The Morgan fingerprint density at radius 1 is 1.47 bits per heavy atom. The van der Waals surface area contributed by atoms with E-state index in [9.17, 15) is 4.79 Å². The average Bonchev–Trinajstić information content (AvgIpc) is 2.68. The number of rotatable bonds is 4. The molecule has 0 unspecified atom stereocenters. The van der Waals surface area contributed by atoms with Crippen molar-refractivity contribution in [3.05, 3.63) is 46.0 Å². The van der Waals surface area contributed by atoms with E-state index in [1.54, 1.807) is 22.9 Å². The highest BCUT2D eigenvalue weighted by Gasteiger charge is 2.10. The molecule has 5 nitrogen and oxygen atoms in total. The lowest BCUT2D eigenvalue weighted by Gasteiger charge is -2.10. The van der Waals surface area contributed by atoms with Gasteiger partial charge in [0.2, 0.25) is 0 Å². The number of nitrogens with two attached hydrogens (primary N) is 1. The first-order chi connectivity index (χ1) is 8.99. The van der Waals surface area contributed by atoms with Gasteiger partial charge in [0.15, 0.2) is 0 Å². The van der Waals surface area contributed by atoms with E-state index in [2.05, 4.69) is 10.3 Å². The number of nitrogens with one attached hydrogen (secondary N) is 1. The first-order valence-corrected chi connectivity index (χ1v) is 6.24. The van der Waals surface area contributed by atoms with Crippen LogP contribution in [0.2, 0.25) is 10.2 Å². The van der Waals surface area contributed by atoms with Gasteiger partial charge in [0.25, 0.3) is 5.91 Å². The molecule has 0 saturated carbocycles. The summed E-state index contributed by atoms with van der Waals surface area (Å²) in [7, 11) is 1.81. The predicted molar refractivity (Wildman–Crippen MR) is 75.5 cm³/mol. The molecule has 0 aliphatic heterocycles. The smallest absolute Gasteiger partial charge is 0.250 e. The summed E-state index contributed by atoms with van der Waals surface area (Å²) in [6.07, 6.45) is 1.56. The number of halogens is 2. The number of carbonyl (C=O) groups is 1. The van der Waals surface area contributed by atoms with Crippen molar-refractivity contribution in [3.63, 3.8) is 0 Å². The Labute approximate surface area is 120 Å². The standard InChI is InChI=1S/C12H12Cl2N4O/c1-18-10(14)5-17-11(18)6-16-9-3-2-7(13)4-8(9)12(15)19/h2-5,16H,6H2,1H3,(H2,15,19). The summed E-state index contributed by atoms with van der Waals surface area (Å²) in [4.78, 5) is 15.5. The number of hydrogen-bond acceptors (Lipinski definition) is 3. The van der Waals surface area contributed by atoms with E-state index < -0.39 is 5.91 Å². The van der Waals surface area contributed by atoms with Gasteiger partial charge in [-0.2, -0.15) is 0 Å². The van der Waals surface area contributed by atoms with Gasteiger partial charge < -0.3 is 15.6 Å². The molecule has 0 aliphatic rings. The minimum atomic E-state index is -0.539. The Morgan fingerprint density at radius 3 is 2.79 bits per heavy atom. The third-order valence-electron chi connectivity index (χ3n) is 2.71. The molecule has 0 saturated heterocycles. The van der Waals surface area contributed by atoms with Crippen LogP contribution in [0.15, 0.2) is 24.4 Å². The number of primary amides is 1. The van der Waals surface area contributed by atoms with Crippen molar-refractivity contribution in [2.24, 2.45) is 12.8 Å². The van der Waals surface area contributed by atoms with Crippen molar-refractivity contribution in [2.75, 3.05) is 5.32 Å². The SMILES string of the molecule is Cn1c(Cl)cnc1CNc1ccc(Cl)cc1C(N)=O. The first-order valence-electron chi connectivity index (χ1n) is 5.48. The lowest BCUT2D eigenvalue weighted by Crippen LogP contribution is -2.15. The molecule has 0 spiro atoms. The van der Waals surface area contributed by atoms with Crippen LogP contribution in [-0.2, 0) is 13.6 Å². The predicted octanol–water partition coefficient (Wildman–Crippen LogP) is 2.44. The van der Waals surface area contributed by atoms with E-state index in [0.29, 0.717) is 28.0 Å². The Hall–Kier alpha value is -1.72. The van der Waals surface area contributed by atoms with Crippen molar-refractivity contribution in [3.8, 4) is 0 Å². The molecule has 1 aromatic carbocycles. The van der Waals surface area contributed by atoms with Crippen molar-refractivity contribution >= 4 is 34.8 Å². The first kappa shape index (κ1) is 13.7. The van der Waals surface area contributed by atoms with E-state index in [1.807, 2.05) is 7.05 Å². The van der Waals surface area contributed by atoms with Crippen LogP contribution in [-0.4, -0.2) is 15.5 Å². The maximum Gasteiger partial charge on any atom is 0.250 e. The molecular formula is C12H12Cl2N4O. The lowest BCUT2D eigenvalue weighted by atomic mass is 10.1. The highest BCUT2D eigenvalue weighted by molar-refractivity contribution is 6.31. The number of benzene rings is 1. The molecule has 0 atom stereocenters. The average molecular weight is 299 g/mol. The largest absolute Gasteiger partial charge is 0.377 e. The van der Waals surface area contributed by atoms with E-state index in [4.69, 9.17) is 28.9 Å². The van der Waals surface area contributed by atoms with E-state index >= 15 is 0 Å². The van der Waals surface area contributed by atoms with Crippen LogP contribution < -0.4 is 11.1 Å². The molecule has 19 heavy (non-hydrogen) atoms. The van der Waals surface area contributed by atoms with Crippen molar-refractivity contribution in [1.29, 1.82) is 0 Å². The molecule has 2 aromatic rings. The second kappa shape index (κ2) is 5.50. The Kier molecular flexibility index (Phi) is 3.97. The van der Waals surface area contributed by atoms with Gasteiger partial charge in [-0.1, -0.05) is 23.2 Å². The summed E-state index contributed by atoms with van der Waals surface area (Å²) in [5.41, 5.74) is 6.25. The number of carbonyl (C=O) groups excluding carboxylic acids is 1. The second-order valence-electron chi connectivity index (χ2n) is 3.96. The molecule has 1 amide bonds. The van der Waals surface area contributed by atoms with Crippen LogP contribution >= 0.6 is 23.2 Å². The van der Waals surface area contributed by atoms with Crippen molar-refractivity contribution < 1.29 is 4.79 Å². The third kappa shape index (κ3) is 3.00. The van der Waals surface area contributed by atoms with Gasteiger partial charge in [-0.15, -0.1) is 0 Å². The molecule has 2 rings (SSSR count). The summed E-state index contributed by atoms with van der Waals surface area (Å²) in [6.45, 7) is 0.422. The maximum atomic E-state index is 11.3. The zero-order valence-electron chi connectivity index (χ0n) is 10.2. The van der Waals surface area contributed by atoms with Crippen LogP contribution in [0.4, 0.5) is 5.69 Å². The molecular weight excluding hydrogens is 287 g/mol. The fourth-order valence-corrected chi connectivity index (χ4v) is 1.96. The summed E-state index contributed by atoms with van der Waals surface area (Å²) in [5.74, 6) is 0.207. The monoisotopic (exact) mass is 298 g/mol. The summed E-state index contributed by atoms with van der Waals surface area (Å²) in [5, 5.41) is 4.09. The topological polar surface area (TPSA) is 72.9 Å². The number of aromatic nitrogens is 2. The molecule has 0 fully saturated rings. The van der Waals surface area contributed by atoms with Crippen molar-refractivity contribution in [2.45, 2.75) is 6.54 Å². The van der Waals surface area contributed by atoms with Crippen molar-refractivity contribution in [1.82, 2.24) is 9.55 Å². The van der Waals surface area contributed by atoms with Crippen LogP contribution in [0.25, 0.3) is 0 Å². The zero-order chi connectivity index (χ0) is 14.0. The van der Waals surface area contributed by atoms with Gasteiger partial charge in [0.1, 0.15) is 11.0 Å². The summed E-state index contributed by atoms with van der Waals surface area (Å²) < 4.78 is 1.74. The second-order valence-corrected chi connectivity index (χ2v) is 4.79. The molecule has 1 heterocycles. The van der Waals surface area contributed by atoms with Gasteiger partial charge in [0, 0.05) is 17.8 Å². The lowest BCUT2D eigenvalue weighted by molar-refractivity contribution is 0.100. The highest BCUT2D eigenvalue weighted by Crippen LogP contribution is 2.21. The maximum absolute atomic E-state index is 11.3. The van der Waals surface area contributed by atoms with Gasteiger partial charge in [-0.3, -0.25) is 4.79 Å². The van der Waals surface area contributed by atoms with E-state index in [0.717, 1.165) is 5.82 Å². The van der Waals surface area contributed by atoms with Gasteiger partial charge in [-0.25, -0.2) is 4.98 Å². The molecule has 0 bridgehead atoms. The molecule has 0 radical (unpaired) electrons. The van der Waals surface area contributed by atoms with Crippen LogP contribution in [0.1, 0.15) is 16.2 Å². The highest BCUT2D eigenvalue weighted by atomic mass is 35.5. The van der Waals surface area contributed by atoms with E-state index in [-0.39, 0.29) is 0 Å². The van der Waals surface area contributed by atoms with Crippen LogP contribution in [0.5, 0.6) is 0 Å². The molecule has 3 N–H and O–H groups in total. The molecule has 1 aromatic heterocycles. The fraction of sp³-hybridized carbons (Fsp3) is 0.167.